The second-order valence-corrected chi connectivity index (χ2v) is 3.92. The van der Waals surface area contributed by atoms with Crippen LogP contribution in [0.25, 0.3) is 0 Å². The maximum absolute atomic E-state index is 4.51. The number of nitrogens with one attached hydrogen (secondary N) is 1. The molecule has 1 aliphatic heterocycles. The van der Waals surface area contributed by atoms with Gasteiger partial charge in [-0.3, -0.25) is 0 Å². The number of aromatic nitrogens is 2. The van der Waals surface area contributed by atoms with E-state index in [4.69, 9.17) is 0 Å². The van der Waals surface area contributed by atoms with Crippen LogP contribution in [0, 0.1) is 6.92 Å². The van der Waals surface area contributed by atoms with E-state index >= 15 is 0 Å². The molecule has 0 aliphatic carbocycles. The lowest BCUT2D eigenvalue weighted by molar-refractivity contribution is 0.918. The molecule has 1 N–H and O–H groups in total. The topological polar surface area (TPSA) is 41.1 Å². The minimum atomic E-state index is 0.749. The van der Waals surface area contributed by atoms with Gasteiger partial charge in [-0.15, -0.1) is 0 Å². The van der Waals surface area contributed by atoms with E-state index in [0.29, 0.717) is 0 Å². The zero-order valence-electron chi connectivity index (χ0n) is 9.45. The van der Waals surface area contributed by atoms with Crippen LogP contribution in [0.1, 0.15) is 25.5 Å². The maximum atomic E-state index is 4.51. The minimum absolute atomic E-state index is 0.749. The predicted octanol–water partition coefficient (Wildman–Crippen LogP) is 1.82. The molecule has 0 saturated carbocycles. The molecule has 15 heavy (non-hydrogen) atoms. The van der Waals surface area contributed by atoms with Gasteiger partial charge in [-0.25, -0.2) is 4.98 Å². The monoisotopic (exact) mass is 206 g/mol. The SMILES string of the molecule is CCNc1nc(C)cc(N2CCCC2)n1. The summed E-state index contributed by atoms with van der Waals surface area (Å²) in [5, 5.41) is 3.16. The Morgan fingerprint density at radius 1 is 1.33 bits per heavy atom. The Kier molecular flexibility index (Phi) is 3.04. The van der Waals surface area contributed by atoms with E-state index in [9.17, 15) is 0 Å². The zero-order chi connectivity index (χ0) is 10.7. The van der Waals surface area contributed by atoms with Gasteiger partial charge in [0.1, 0.15) is 5.82 Å². The van der Waals surface area contributed by atoms with Crippen molar-refractivity contribution in [1.29, 1.82) is 0 Å². The summed E-state index contributed by atoms with van der Waals surface area (Å²) in [6, 6.07) is 2.06. The van der Waals surface area contributed by atoms with Gasteiger partial charge >= 0.3 is 0 Å². The third kappa shape index (κ3) is 2.37. The minimum Gasteiger partial charge on any atom is -0.356 e. The van der Waals surface area contributed by atoms with Crippen molar-refractivity contribution in [3.63, 3.8) is 0 Å². The average Bonchev–Trinajstić information content (AvgIpc) is 2.70. The van der Waals surface area contributed by atoms with Crippen molar-refractivity contribution in [3.05, 3.63) is 11.8 Å². The molecule has 0 atom stereocenters. The molecule has 1 aromatic rings. The largest absolute Gasteiger partial charge is 0.356 e. The van der Waals surface area contributed by atoms with E-state index in [0.717, 1.165) is 37.1 Å². The van der Waals surface area contributed by atoms with Crippen molar-refractivity contribution in [2.24, 2.45) is 0 Å². The molecule has 1 aliphatic rings. The number of aryl methyl sites for hydroxylation is 1. The normalized spacial score (nSPS) is 15.7. The first-order valence-electron chi connectivity index (χ1n) is 5.64. The second kappa shape index (κ2) is 4.47. The van der Waals surface area contributed by atoms with Gasteiger partial charge in [-0.2, -0.15) is 4.98 Å². The molecule has 2 rings (SSSR count). The summed E-state index contributed by atoms with van der Waals surface area (Å²) < 4.78 is 0. The number of nitrogens with zero attached hydrogens (tertiary/aromatic N) is 3. The first-order valence-corrected chi connectivity index (χ1v) is 5.64. The fraction of sp³-hybridized carbons (Fsp3) is 0.636. The van der Waals surface area contributed by atoms with Gasteiger partial charge in [0.05, 0.1) is 0 Å². The van der Waals surface area contributed by atoms with E-state index in [2.05, 4.69) is 33.2 Å². The molecule has 0 radical (unpaired) electrons. The van der Waals surface area contributed by atoms with Crippen molar-refractivity contribution in [2.75, 3.05) is 29.9 Å². The fourth-order valence-electron chi connectivity index (χ4n) is 1.90. The molecular weight excluding hydrogens is 188 g/mol. The quantitative estimate of drug-likeness (QED) is 0.819. The Morgan fingerprint density at radius 2 is 2.07 bits per heavy atom. The van der Waals surface area contributed by atoms with Crippen LogP contribution in [0.4, 0.5) is 11.8 Å². The van der Waals surface area contributed by atoms with Crippen molar-refractivity contribution in [1.82, 2.24) is 9.97 Å². The predicted molar refractivity (Wildman–Crippen MR) is 62.4 cm³/mol. The molecule has 0 bridgehead atoms. The molecule has 1 fully saturated rings. The molecular formula is C11H18N4. The second-order valence-electron chi connectivity index (χ2n) is 3.92. The molecule has 1 saturated heterocycles. The van der Waals surface area contributed by atoms with Crippen LogP contribution >= 0.6 is 0 Å². The Hall–Kier alpha value is -1.32. The summed E-state index contributed by atoms with van der Waals surface area (Å²) in [7, 11) is 0. The third-order valence-electron chi connectivity index (χ3n) is 2.61. The summed E-state index contributed by atoms with van der Waals surface area (Å²) in [5.74, 6) is 1.82. The summed E-state index contributed by atoms with van der Waals surface area (Å²) >= 11 is 0. The lowest BCUT2D eigenvalue weighted by atomic mass is 10.4. The van der Waals surface area contributed by atoms with Crippen molar-refractivity contribution in [2.45, 2.75) is 26.7 Å². The highest BCUT2D eigenvalue weighted by Crippen LogP contribution is 2.19. The molecule has 1 aromatic heterocycles. The molecule has 0 spiro atoms. The van der Waals surface area contributed by atoms with E-state index in [-0.39, 0.29) is 0 Å². The third-order valence-corrected chi connectivity index (χ3v) is 2.61. The van der Waals surface area contributed by atoms with Crippen LogP contribution < -0.4 is 10.2 Å². The molecule has 2 heterocycles. The fourth-order valence-corrected chi connectivity index (χ4v) is 1.90. The van der Waals surface area contributed by atoms with Crippen LogP contribution in [-0.4, -0.2) is 29.6 Å². The van der Waals surface area contributed by atoms with Crippen LogP contribution in [0.5, 0.6) is 0 Å². The van der Waals surface area contributed by atoms with Gasteiger partial charge in [0.15, 0.2) is 0 Å². The Balaban J connectivity index is 2.22. The summed E-state index contributed by atoms with van der Waals surface area (Å²) in [6.07, 6.45) is 2.55. The molecule has 4 heteroatoms. The maximum Gasteiger partial charge on any atom is 0.224 e. The first-order chi connectivity index (χ1) is 7.29. The van der Waals surface area contributed by atoms with Gasteiger partial charge in [0, 0.05) is 31.4 Å². The smallest absolute Gasteiger partial charge is 0.224 e. The van der Waals surface area contributed by atoms with E-state index in [1.54, 1.807) is 0 Å². The highest BCUT2D eigenvalue weighted by atomic mass is 15.2. The standard InChI is InChI=1S/C11H18N4/c1-3-12-11-13-9(2)8-10(14-11)15-6-4-5-7-15/h8H,3-7H2,1-2H3,(H,12,13,14). The van der Waals surface area contributed by atoms with Gasteiger partial charge in [0.25, 0.3) is 0 Å². The lowest BCUT2D eigenvalue weighted by Gasteiger charge is -2.17. The summed E-state index contributed by atoms with van der Waals surface area (Å²) in [4.78, 5) is 11.2. The van der Waals surface area contributed by atoms with E-state index in [1.807, 2.05) is 6.92 Å². The van der Waals surface area contributed by atoms with Gasteiger partial charge < -0.3 is 10.2 Å². The number of anilines is 2. The molecule has 0 amide bonds. The van der Waals surface area contributed by atoms with Crippen molar-refractivity contribution in [3.8, 4) is 0 Å². The lowest BCUT2D eigenvalue weighted by Crippen LogP contribution is -2.20. The highest BCUT2D eigenvalue weighted by Gasteiger charge is 2.14. The number of hydrogen-bond acceptors (Lipinski definition) is 4. The van der Waals surface area contributed by atoms with E-state index < -0.39 is 0 Å². The Labute approximate surface area is 90.7 Å². The summed E-state index contributed by atoms with van der Waals surface area (Å²) in [6.45, 7) is 7.19. The Morgan fingerprint density at radius 3 is 2.73 bits per heavy atom. The van der Waals surface area contributed by atoms with Crippen molar-refractivity contribution < 1.29 is 0 Å². The Bertz CT molecular complexity index is 331. The first kappa shape index (κ1) is 10.2. The molecule has 0 aromatic carbocycles. The van der Waals surface area contributed by atoms with Crippen molar-refractivity contribution >= 4 is 11.8 Å². The van der Waals surface area contributed by atoms with Gasteiger partial charge in [0.2, 0.25) is 5.95 Å². The highest BCUT2D eigenvalue weighted by molar-refractivity contribution is 5.45. The van der Waals surface area contributed by atoms with Crippen LogP contribution in [0.15, 0.2) is 6.07 Å². The number of hydrogen-bond donors (Lipinski definition) is 1. The zero-order valence-corrected chi connectivity index (χ0v) is 9.45. The van der Waals surface area contributed by atoms with Crippen LogP contribution in [0.2, 0.25) is 0 Å². The average molecular weight is 206 g/mol. The van der Waals surface area contributed by atoms with E-state index in [1.165, 1.54) is 12.8 Å². The molecule has 82 valence electrons. The number of rotatable bonds is 3. The van der Waals surface area contributed by atoms with Crippen LogP contribution in [-0.2, 0) is 0 Å². The van der Waals surface area contributed by atoms with Gasteiger partial charge in [-0.1, -0.05) is 0 Å². The van der Waals surface area contributed by atoms with Crippen LogP contribution in [0.3, 0.4) is 0 Å². The van der Waals surface area contributed by atoms with Gasteiger partial charge in [-0.05, 0) is 26.7 Å². The molecule has 4 nitrogen and oxygen atoms in total. The molecule has 0 unspecified atom stereocenters. The summed E-state index contributed by atoms with van der Waals surface area (Å²) in [5.41, 5.74) is 1.03.